The van der Waals surface area contributed by atoms with Crippen molar-refractivity contribution in [2.45, 2.75) is 59.2 Å². The van der Waals surface area contributed by atoms with E-state index in [0.717, 1.165) is 11.8 Å². The Morgan fingerprint density at radius 1 is 1.06 bits per heavy atom. The molecule has 0 aromatic heterocycles. The molecule has 0 saturated heterocycles. The number of hydrogen-bond acceptors (Lipinski definition) is 4. The zero-order valence-electron chi connectivity index (χ0n) is 20.7. The van der Waals surface area contributed by atoms with Gasteiger partial charge in [-0.15, -0.1) is 0 Å². The summed E-state index contributed by atoms with van der Waals surface area (Å²) in [4.78, 5) is 27.5. The average molecular weight is 543 g/mol. The molecule has 1 N–H and O–H groups in total. The van der Waals surface area contributed by atoms with Crippen molar-refractivity contribution in [1.29, 1.82) is 0 Å². The molecule has 0 bridgehead atoms. The lowest BCUT2D eigenvalue weighted by Gasteiger charge is -2.30. The van der Waals surface area contributed by atoms with Crippen molar-refractivity contribution in [3.8, 4) is 0 Å². The Kier molecular flexibility index (Phi) is 10.4. The third-order valence-corrected chi connectivity index (χ3v) is 7.32. The normalized spacial score (nSPS) is 12.3. The van der Waals surface area contributed by atoms with Gasteiger partial charge in [-0.1, -0.05) is 41.4 Å². The van der Waals surface area contributed by atoms with Crippen LogP contribution < -0.4 is 9.62 Å². The Morgan fingerprint density at radius 2 is 1.71 bits per heavy atom. The molecule has 2 rings (SSSR count). The first kappa shape index (κ1) is 28.9. The highest BCUT2D eigenvalue weighted by Gasteiger charge is 2.27. The molecule has 2 aromatic rings. The zero-order valence-corrected chi connectivity index (χ0v) is 23.0. The van der Waals surface area contributed by atoms with Crippen LogP contribution in [0, 0.1) is 6.92 Å². The van der Waals surface area contributed by atoms with Crippen LogP contribution in [0.25, 0.3) is 0 Å². The lowest BCUT2D eigenvalue weighted by atomic mass is 10.1. The molecular formula is C25H33Cl2N3O4S. The monoisotopic (exact) mass is 541 g/mol. The lowest BCUT2D eigenvalue weighted by molar-refractivity contribution is -0.140. The van der Waals surface area contributed by atoms with Gasteiger partial charge in [0, 0.05) is 35.6 Å². The van der Waals surface area contributed by atoms with Gasteiger partial charge in [-0.3, -0.25) is 13.9 Å². The van der Waals surface area contributed by atoms with E-state index in [2.05, 4.69) is 5.32 Å². The van der Waals surface area contributed by atoms with Crippen LogP contribution in [0.2, 0.25) is 10.0 Å². The fourth-order valence-corrected chi connectivity index (χ4v) is 5.07. The van der Waals surface area contributed by atoms with Gasteiger partial charge in [-0.25, -0.2) is 8.42 Å². The number of nitrogens with one attached hydrogen (secondary N) is 1. The SMILES string of the molecule is Cc1c(Cl)cccc1N(CCCC(=O)N(Cc1cccc(Cl)c1)[C@@H](C)C(=O)NC(C)C)S(C)(=O)=O. The number of amides is 2. The third-order valence-electron chi connectivity index (χ3n) is 5.50. The van der Waals surface area contributed by atoms with Crippen LogP contribution in [0.15, 0.2) is 42.5 Å². The second-order valence-corrected chi connectivity index (χ2v) is 11.6. The number of carbonyl (C=O) groups excluding carboxylic acids is 2. The van der Waals surface area contributed by atoms with Gasteiger partial charge in [-0.2, -0.15) is 0 Å². The summed E-state index contributed by atoms with van der Waals surface area (Å²) in [6.45, 7) is 7.44. The highest BCUT2D eigenvalue weighted by Crippen LogP contribution is 2.28. The second kappa shape index (κ2) is 12.6. The van der Waals surface area contributed by atoms with E-state index in [1.54, 1.807) is 50.2 Å². The summed E-state index contributed by atoms with van der Waals surface area (Å²) in [5.41, 5.74) is 1.92. The van der Waals surface area contributed by atoms with Crippen molar-refractivity contribution < 1.29 is 18.0 Å². The molecule has 0 aliphatic carbocycles. The van der Waals surface area contributed by atoms with Crippen molar-refractivity contribution >= 4 is 50.7 Å². The maximum absolute atomic E-state index is 13.3. The molecule has 0 aliphatic heterocycles. The maximum atomic E-state index is 13.3. The predicted molar refractivity (Wildman–Crippen MR) is 142 cm³/mol. The molecule has 35 heavy (non-hydrogen) atoms. The molecule has 2 amide bonds. The van der Waals surface area contributed by atoms with Crippen LogP contribution in [0.5, 0.6) is 0 Å². The summed E-state index contributed by atoms with van der Waals surface area (Å²) >= 11 is 12.3. The first-order valence-electron chi connectivity index (χ1n) is 11.4. The van der Waals surface area contributed by atoms with Crippen LogP contribution in [0.1, 0.15) is 44.7 Å². The second-order valence-electron chi connectivity index (χ2n) is 8.81. The Labute approximate surface area is 218 Å². The van der Waals surface area contributed by atoms with Gasteiger partial charge in [0.1, 0.15) is 6.04 Å². The van der Waals surface area contributed by atoms with Gasteiger partial charge in [0.25, 0.3) is 0 Å². The minimum Gasteiger partial charge on any atom is -0.352 e. The minimum atomic E-state index is -3.60. The molecule has 0 fully saturated rings. The Balaban J connectivity index is 2.21. The van der Waals surface area contributed by atoms with E-state index in [-0.39, 0.29) is 43.8 Å². The van der Waals surface area contributed by atoms with E-state index < -0.39 is 16.1 Å². The van der Waals surface area contributed by atoms with Crippen LogP contribution in [0.3, 0.4) is 0 Å². The fraction of sp³-hybridized carbons (Fsp3) is 0.440. The summed E-state index contributed by atoms with van der Waals surface area (Å²) in [6, 6.07) is 11.4. The highest BCUT2D eigenvalue weighted by atomic mass is 35.5. The quantitative estimate of drug-likeness (QED) is 0.443. The summed E-state index contributed by atoms with van der Waals surface area (Å²) < 4.78 is 26.3. The third kappa shape index (κ3) is 8.40. The number of nitrogens with zero attached hydrogens (tertiary/aromatic N) is 2. The molecule has 0 radical (unpaired) electrons. The standard InChI is InChI=1S/C25H33Cl2N3O4S/c1-17(2)28-25(32)19(4)29(16-20-9-6-10-21(26)15-20)24(31)13-8-14-30(35(5,33)34)23-12-7-11-22(27)18(23)3/h6-7,9-12,15,17,19H,8,13-14,16H2,1-5H3,(H,28,32)/t19-/m0/s1. The molecule has 192 valence electrons. The van der Waals surface area contributed by atoms with E-state index in [1.165, 1.54) is 9.21 Å². The topological polar surface area (TPSA) is 86.8 Å². The number of halogens is 2. The van der Waals surface area contributed by atoms with Gasteiger partial charge in [-0.05, 0) is 69.5 Å². The van der Waals surface area contributed by atoms with Crippen LogP contribution >= 0.6 is 23.2 Å². The van der Waals surface area contributed by atoms with E-state index in [9.17, 15) is 18.0 Å². The van der Waals surface area contributed by atoms with Crippen molar-refractivity contribution in [1.82, 2.24) is 10.2 Å². The molecule has 1 atom stereocenters. The number of sulfonamides is 1. The molecular weight excluding hydrogens is 509 g/mol. The van der Waals surface area contributed by atoms with Crippen molar-refractivity contribution in [3.05, 3.63) is 63.6 Å². The van der Waals surface area contributed by atoms with Crippen LogP contribution in [-0.2, 0) is 26.2 Å². The Morgan fingerprint density at radius 3 is 2.31 bits per heavy atom. The van der Waals surface area contributed by atoms with E-state index in [0.29, 0.717) is 21.3 Å². The summed E-state index contributed by atoms with van der Waals surface area (Å²) in [7, 11) is -3.60. The maximum Gasteiger partial charge on any atom is 0.242 e. The van der Waals surface area contributed by atoms with Crippen LogP contribution in [0.4, 0.5) is 5.69 Å². The van der Waals surface area contributed by atoms with Gasteiger partial charge >= 0.3 is 0 Å². The first-order chi connectivity index (χ1) is 16.3. The van der Waals surface area contributed by atoms with Crippen molar-refractivity contribution in [2.75, 3.05) is 17.1 Å². The average Bonchev–Trinajstić information content (AvgIpc) is 2.75. The van der Waals surface area contributed by atoms with E-state index in [4.69, 9.17) is 23.2 Å². The lowest BCUT2D eigenvalue weighted by Crippen LogP contribution is -2.49. The summed E-state index contributed by atoms with van der Waals surface area (Å²) in [5, 5.41) is 3.84. The zero-order chi connectivity index (χ0) is 26.3. The minimum absolute atomic E-state index is 0.0610. The Hall–Kier alpha value is -2.29. The number of hydrogen-bond donors (Lipinski definition) is 1. The predicted octanol–water partition coefficient (Wildman–Crippen LogP) is 4.79. The highest BCUT2D eigenvalue weighted by molar-refractivity contribution is 7.92. The molecule has 0 aliphatic rings. The van der Waals surface area contributed by atoms with Gasteiger partial charge in [0.05, 0.1) is 11.9 Å². The van der Waals surface area contributed by atoms with Crippen molar-refractivity contribution in [3.63, 3.8) is 0 Å². The summed E-state index contributed by atoms with van der Waals surface area (Å²) in [5.74, 6) is -0.518. The van der Waals surface area contributed by atoms with Crippen molar-refractivity contribution in [2.24, 2.45) is 0 Å². The van der Waals surface area contributed by atoms with Gasteiger partial charge < -0.3 is 10.2 Å². The smallest absolute Gasteiger partial charge is 0.242 e. The number of benzene rings is 2. The first-order valence-corrected chi connectivity index (χ1v) is 14.0. The number of rotatable bonds is 11. The molecule has 0 heterocycles. The fourth-order valence-electron chi connectivity index (χ4n) is 3.67. The Bertz CT molecular complexity index is 1160. The van der Waals surface area contributed by atoms with Crippen LogP contribution in [-0.4, -0.2) is 50.0 Å². The molecule has 0 saturated carbocycles. The number of carbonyl (C=O) groups is 2. The molecule has 7 nitrogen and oxygen atoms in total. The molecule has 0 spiro atoms. The van der Waals surface area contributed by atoms with Gasteiger partial charge in [0.15, 0.2) is 0 Å². The molecule has 0 unspecified atom stereocenters. The summed E-state index contributed by atoms with van der Waals surface area (Å²) in [6.07, 6.45) is 1.45. The number of anilines is 1. The van der Waals surface area contributed by atoms with E-state index >= 15 is 0 Å². The van der Waals surface area contributed by atoms with Gasteiger partial charge in [0.2, 0.25) is 21.8 Å². The largest absolute Gasteiger partial charge is 0.352 e. The molecule has 10 heteroatoms. The molecule has 2 aromatic carbocycles. The van der Waals surface area contributed by atoms with E-state index in [1.807, 2.05) is 19.9 Å².